The highest BCUT2D eigenvalue weighted by Crippen LogP contribution is 2.27. The van der Waals surface area contributed by atoms with Gasteiger partial charge < -0.3 is 4.74 Å². The van der Waals surface area contributed by atoms with Crippen molar-refractivity contribution >= 4 is 10.8 Å². The first-order chi connectivity index (χ1) is 9.70. The van der Waals surface area contributed by atoms with E-state index in [1.165, 1.54) is 0 Å². The lowest BCUT2D eigenvalue weighted by atomic mass is 10.1. The van der Waals surface area contributed by atoms with Crippen LogP contribution in [-0.4, -0.2) is 18.2 Å². The van der Waals surface area contributed by atoms with Crippen LogP contribution in [0, 0.1) is 11.3 Å². The Kier molecular flexibility index (Phi) is 3.33. The van der Waals surface area contributed by atoms with Gasteiger partial charge in [-0.15, -0.1) is 0 Å². The maximum atomic E-state index is 9.36. The molecule has 0 bridgehead atoms. The molecule has 0 spiro atoms. The van der Waals surface area contributed by atoms with Crippen molar-refractivity contribution in [2.45, 2.75) is 31.3 Å². The Balaban J connectivity index is 1.77. The summed E-state index contributed by atoms with van der Waals surface area (Å²) in [6.45, 7) is 2.25. The van der Waals surface area contributed by atoms with E-state index in [-0.39, 0.29) is 0 Å². The second kappa shape index (κ2) is 5.15. The molecule has 0 radical (unpaired) electrons. The molecule has 1 fully saturated rings. The van der Waals surface area contributed by atoms with Crippen LogP contribution < -0.4 is 10.1 Å². The number of hydrogen-bond donors (Lipinski definition) is 1. The van der Waals surface area contributed by atoms with E-state index >= 15 is 0 Å². The number of nitrogens with zero attached hydrogens (tertiary/aromatic N) is 1. The number of nitrogens with one attached hydrogen (secondary N) is 1. The zero-order valence-corrected chi connectivity index (χ0v) is 11.6. The lowest BCUT2D eigenvalue weighted by Crippen LogP contribution is -2.47. The average Bonchev–Trinajstić information content (AvgIpc) is 3.29. The third-order valence-electron chi connectivity index (χ3n) is 3.61. The van der Waals surface area contributed by atoms with Gasteiger partial charge in [0, 0.05) is 11.4 Å². The van der Waals surface area contributed by atoms with Crippen LogP contribution in [0.3, 0.4) is 0 Å². The SMILES string of the molecule is CC(C#N)(COc1cccc2ccccc12)NC1CC1. The molecule has 3 nitrogen and oxygen atoms in total. The Morgan fingerprint density at radius 3 is 2.75 bits per heavy atom. The molecule has 0 amide bonds. The number of hydrogen-bond acceptors (Lipinski definition) is 3. The molecule has 1 atom stereocenters. The van der Waals surface area contributed by atoms with Crippen LogP contribution in [0.2, 0.25) is 0 Å². The fraction of sp³-hybridized carbons (Fsp3) is 0.353. The summed E-state index contributed by atoms with van der Waals surface area (Å²) in [5.74, 6) is 0.835. The molecule has 1 saturated carbocycles. The van der Waals surface area contributed by atoms with Crippen LogP contribution in [0.1, 0.15) is 19.8 Å². The van der Waals surface area contributed by atoms with Crippen molar-refractivity contribution in [3.05, 3.63) is 42.5 Å². The topological polar surface area (TPSA) is 45.0 Å². The molecule has 2 aromatic carbocycles. The largest absolute Gasteiger partial charge is 0.490 e. The summed E-state index contributed by atoms with van der Waals surface area (Å²) in [5, 5.41) is 14.9. The molecule has 1 N–H and O–H groups in total. The van der Waals surface area contributed by atoms with Crippen LogP contribution in [0.5, 0.6) is 5.75 Å². The summed E-state index contributed by atoms with van der Waals surface area (Å²) < 4.78 is 5.92. The van der Waals surface area contributed by atoms with Gasteiger partial charge >= 0.3 is 0 Å². The maximum Gasteiger partial charge on any atom is 0.138 e. The van der Waals surface area contributed by atoms with Gasteiger partial charge in [-0.3, -0.25) is 5.32 Å². The van der Waals surface area contributed by atoms with Gasteiger partial charge in [0.05, 0.1) is 6.07 Å². The molecule has 0 aliphatic heterocycles. The van der Waals surface area contributed by atoms with Gasteiger partial charge in [0.15, 0.2) is 0 Å². The average molecular weight is 266 g/mol. The van der Waals surface area contributed by atoms with Crippen molar-refractivity contribution in [2.24, 2.45) is 0 Å². The Morgan fingerprint density at radius 2 is 2.00 bits per heavy atom. The van der Waals surface area contributed by atoms with Crippen molar-refractivity contribution in [2.75, 3.05) is 6.61 Å². The quantitative estimate of drug-likeness (QED) is 0.903. The van der Waals surface area contributed by atoms with E-state index in [0.717, 1.165) is 29.4 Å². The molecule has 3 heteroatoms. The van der Waals surface area contributed by atoms with Gasteiger partial charge in [-0.25, -0.2) is 0 Å². The number of benzene rings is 2. The highest BCUT2D eigenvalue weighted by molar-refractivity contribution is 5.88. The summed E-state index contributed by atoms with van der Waals surface area (Å²) in [6, 6.07) is 16.9. The fourth-order valence-electron chi connectivity index (χ4n) is 2.33. The molecule has 2 aromatic rings. The zero-order chi connectivity index (χ0) is 14.0. The summed E-state index contributed by atoms with van der Waals surface area (Å²) >= 11 is 0. The van der Waals surface area contributed by atoms with Gasteiger partial charge in [-0.05, 0) is 31.2 Å². The molecule has 20 heavy (non-hydrogen) atoms. The van der Waals surface area contributed by atoms with Gasteiger partial charge in [0.2, 0.25) is 0 Å². The van der Waals surface area contributed by atoms with E-state index < -0.39 is 5.54 Å². The smallest absolute Gasteiger partial charge is 0.138 e. The van der Waals surface area contributed by atoms with Crippen LogP contribution >= 0.6 is 0 Å². The van der Waals surface area contributed by atoms with Gasteiger partial charge in [0.1, 0.15) is 17.9 Å². The summed E-state index contributed by atoms with van der Waals surface area (Å²) in [7, 11) is 0. The summed E-state index contributed by atoms with van der Waals surface area (Å²) in [5.41, 5.74) is -0.627. The van der Waals surface area contributed by atoms with E-state index in [4.69, 9.17) is 4.74 Å². The van der Waals surface area contributed by atoms with E-state index in [2.05, 4.69) is 23.5 Å². The Hall–Kier alpha value is -2.05. The molecule has 0 saturated heterocycles. The molecule has 3 rings (SSSR count). The minimum Gasteiger partial charge on any atom is -0.490 e. The highest BCUT2D eigenvalue weighted by atomic mass is 16.5. The Bertz CT molecular complexity index is 652. The molecule has 1 aliphatic carbocycles. The number of fused-ring (bicyclic) bond motifs is 1. The van der Waals surface area contributed by atoms with Crippen molar-refractivity contribution in [1.29, 1.82) is 5.26 Å². The van der Waals surface area contributed by atoms with Crippen LogP contribution in [0.25, 0.3) is 10.8 Å². The molecule has 102 valence electrons. The van der Waals surface area contributed by atoms with Crippen molar-refractivity contribution < 1.29 is 4.74 Å². The molecule has 1 unspecified atom stereocenters. The first kappa shape index (κ1) is 13.0. The maximum absolute atomic E-state index is 9.36. The van der Waals surface area contributed by atoms with E-state index in [0.29, 0.717) is 12.6 Å². The van der Waals surface area contributed by atoms with Crippen LogP contribution in [0.4, 0.5) is 0 Å². The van der Waals surface area contributed by atoms with Crippen molar-refractivity contribution in [3.63, 3.8) is 0 Å². The normalized spacial score (nSPS) is 17.4. The molecule has 0 aromatic heterocycles. The summed E-state index contributed by atoms with van der Waals surface area (Å²) in [4.78, 5) is 0. The second-order valence-electron chi connectivity index (χ2n) is 5.63. The Morgan fingerprint density at radius 1 is 1.25 bits per heavy atom. The standard InChI is InChI=1S/C17H18N2O/c1-17(11-18,19-14-9-10-14)12-20-16-8-4-6-13-5-2-3-7-15(13)16/h2-8,14,19H,9-10,12H2,1H3. The molecular weight excluding hydrogens is 248 g/mol. The lowest BCUT2D eigenvalue weighted by Gasteiger charge is -2.23. The molecule has 1 aliphatic rings. The number of rotatable bonds is 5. The second-order valence-corrected chi connectivity index (χ2v) is 5.63. The monoisotopic (exact) mass is 266 g/mol. The predicted molar refractivity (Wildman–Crippen MR) is 79.6 cm³/mol. The van der Waals surface area contributed by atoms with Gasteiger partial charge in [0.25, 0.3) is 0 Å². The van der Waals surface area contributed by atoms with Crippen molar-refractivity contribution in [1.82, 2.24) is 5.32 Å². The van der Waals surface area contributed by atoms with Gasteiger partial charge in [-0.1, -0.05) is 36.4 Å². The van der Waals surface area contributed by atoms with E-state index in [9.17, 15) is 5.26 Å². The van der Waals surface area contributed by atoms with E-state index in [1.807, 2.05) is 37.3 Å². The van der Waals surface area contributed by atoms with Crippen molar-refractivity contribution in [3.8, 4) is 11.8 Å². The van der Waals surface area contributed by atoms with Gasteiger partial charge in [-0.2, -0.15) is 5.26 Å². The first-order valence-electron chi connectivity index (χ1n) is 7.00. The number of ether oxygens (including phenoxy) is 1. The lowest BCUT2D eigenvalue weighted by molar-refractivity contribution is 0.235. The van der Waals surface area contributed by atoms with Crippen LogP contribution in [-0.2, 0) is 0 Å². The Labute approximate surface area is 119 Å². The molecular formula is C17H18N2O. The number of nitriles is 1. The van der Waals surface area contributed by atoms with Crippen LogP contribution in [0.15, 0.2) is 42.5 Å². The van der Waals surface area contributed by atoms with E-state index in [1.54, 1.807) is 0 Å². The minimum absolute atomic E-state index is 0.355. The first-order valence-corrected chi connectivity index (χ1v) is 7.00. The predicted octanol–water partition coefficient (Wildman–Crippen LogP) is 3.25. The highest BCUT2D eigenvalue weighted by Gasteiger charge is 2.33. The third-order valence-corrected chi connectivity index (χ3v) is 3.61. The zero-order valence-electron chi connectivity index (χ0n) is 11.6. The fourth-order valence-corrected chi connectivity index (χ4v) is 2.33. The minimum atomic E-state index is -0.627. The molecule has 0 heterocycles. The summed E-state index contributed by atoms with van der Waals surface area (Å²) in [6.07, 6.45) is 2.32. The third kappa shape index (κ3) is 2.76.